The highest BCUT2D eigenvalue weighted by molar-refractivity contribution is 7.99. The second-order valence-electron chi connectivity index (χ2n) is 6.57. The van der Waals surface area contributed by atoms with Crippen molar-refractivity contribution in [2.45, 2.75) is 39.0 Å². The molecule has 0 aromatic carbocycles. The van der Waals surface area contributed by atoms with Gasteiger partial charge in [0.25, 0.3) is 0 Å². The van der Waals surface area contributed by atoms with E-state index in [4.69, 9.17) is 9.15 Å². The standard InChI is InChI=1S/C17H26N2O3S/c1-12-4-5-16(22-12)15-11-23-7-6-18(15)10-17(20)19-8-13(2)21-14(3)9-19/h4-5,13-15H,6-11H2,1-3H3/t13-,14+,15-/m1/s1. The number of furan rings is 1. The minimum atomic E-state index is 0.114. The SMILES string of the molecule is Cc1ccc([C@H]2CSCCN2CC(=O)N2C[C@@H](C)O[C@@H](C)C2)o1. The van der Waals surface area contributed by atoms with Crippen LogP contribution in [0.5, 0.6) is 0 Å². The van der Waals surface area contributed by atoms with E-state index < -0.39 is 0 Å². The summed E-state index contributed by atoms with van der Waals surface area (Å²) in [5.41, 5.74) is 0. The predicted molar refractivity (Wildman–Crippen MR) is 91.7 cm³/mol. The van der Waals surface area contributed by atoms with Crippen LogP contribution in [0.4, 0.5) is 0 Å². The molecule has 0 unspecified atom stereocenters. The lowest BCUT2D eigenvalue weighted by molar-refractivity contribution is -0.144. The van der Waals surface area contributed by atoms with Gasteiger partial charge in [-0.3, -0.25) is 9.69 Å². The Bertz CT molecular complexity index is 538. The predicted octanol–water partition coefficient (Wildman–Crippen LogP) is 2.31. The number of amides is 1. The average molecular weight is 338 g/mol. The van der Waals surface area contributed by atoms with E-state index in [1.54, 1.807) is 0 Å². The summed E-state index contributed by atoms with van der Waals surface area (Å²) < 4.78 is 11.5. The first kappa shape index (κ1) is 16.9. The summed E-state index contributed by atoms with van der Waals surface area (Å²) in [4.78, 5) is 16.9. The third-order valence-electron chi connectivity index (χ3n) is 4.44. The molecule has 3 heterocycles. The number of carbonyl (C=O) groups excluding carboxylic acids is 1. The van der Waals surface area contributed by atoms with Crippen molar-refractivity contribution in [2.75, 3.05) is 37.7 Å². The summed E-state index contributed by atoms with van der Waals surface area (Å²) in [5.74, 6) is 4.16. The van der Waals surface area contributed by atoms with Gasteiger partial charge in [0.15, 0.2) is 0 Å². The van der Waals surface area contributed by atoms with Gasteiger partial charge in [0.05, 0.1) is 24.8 Å². The van der Waals surface area contributed by atoms with E-state index in [1.807, 2.05) is 49.6 Å². The molecule has 0 spiro atoms. The highest BCUT2D eigenvalue weighted by Crippen LogP contribution is 2.30. The lowest BCUT2D eigenvalue weighted by Gasteiger charge is -2.38. The minimum Gasteiger partial charge on any atom is -0.465 e. The van der Waals surface area contributed by atoms with Crippen molar-refractivity contribution in [1.29, 1.82) is 0 Å². The fraction of sp³-hybridized carbons (Fsp3) is 0.706. The van der Waals surface area contributed by atoms with Crippen molar-refractivity contribution in [2.24, 2.45) is 0 Å². The summed E-state index contributed by atoms with van der Waals surface area (Å²) in [6, 6.07) is 4.24. The first-order valence-corrected chi connectivity index (χ1v) is 9.49. The lowest BCUT2D eigenvalue weighted by atomic mass is 10.2. The molecule has 1 aromatic rings. The monoisotopic (exact) mass is 338 g/mol. The number of carbonyl (C=O) groups is 1. The first-order chi connectivity index (χ1) is 11.0. The third kappa shape index (κ3) is 4.11. The first-order valence-electron chi connectivity index (χ1n) is 8.34. The molecule has 0 saturated carbocycles. The average Bonchev–Trinajstić information content (AvgIpc) is 2.93. The molecule has 2 saturated heterocycles. The van der Waals surface area contributed by atoms with Crippen LogP contribution < -0.4 is 0 Å². The maximum absolute atomic E-state index is 12.7. The lowest BCUT2D eigenvalue weighted by Crippen LogP contribution is -2.52. The fourth-order valence-corrected chi connectivity index (χ4v) is 4.51. The molecule has 1 aromatic heterocycles. The molecule has 5 nitrogen and oxygen atoms in total. The smallest absolute Gasteiger partial charge is 0.236 e. The summed E-state index contributed by atoms with van der Waals surface area (Å²) >= 11 is 1.93. The minimum absolute atomic E-state index is 0.114. The molecule has 2 fully saturated rings. The van der Waals surface area contributed by atoms with E-state index >= 15 is 0 Å². The van der Waals surface area contributed by atoms with Crippen LogP contribution >= 0.6 is 11.8 Å². The summed E-state index contributed by atoms with van der Waals surface area (Å²) in [6.07, 6.45) is 0.228. The topological polar surface area (TPSA) is 45.9 Å². The van der Waals surface area contributed by atoms with Gasteiger partial charge < -0.3 is 14.1 Å². The molecule has 23 heavy (non-hydrogen) atoms. The molecule has 0 bridgehead atoms. The van der Waals surface area contributed by atoms with Gasteiger partial charge in [0.2, 0.25) is 5.91 Å². The van der Waals surface area contributed by atoms with Crippen LogP contribution in [0, 0.1) is 6.92 Å². The fourth-order valence-electron chi connectivity index (χ4n) is 3.38. The molecular formula is C17H26N2O3S. The molecule has 0 radical (unpaired) electrons. The molecule has 3 rings (SSSR count). The number of ether oxygens (including phenoxy) is 1. The van der Waals surface area contributed by atoms with Crippen LogP contribution in [0.15, 0.2) is 16.5 Å². The summed E-state index contributed by atoms with van der Waals surface area (Å²) in [5, 5.41) is 0. The van der Waals surface area contributed by atoms with Crippen LogP contribution in [-0.4, -0.2) is 65.6 Å². The quantitative estimate of drug-likeness (QED) is 0.846. The zero-order chi connectivity index (χ0) is 16.4. The number of hydrogen-bond donors (Lipinski definition) is 0. The van der Waals surface area contributed by atoms with Gasteiger partial charge in [-0.2, -0.15) is 11.8 Å². The molecule has 128 valence electrons. The van der Waals surface area contributed by atoms with Crippen LogP contribution in [0.2, 0.25) is 0 Å². The molecule has 6 heteroatoms. The maximum atomic E-state index is 12.7. The number of hydrogen-bond acceptors (Lipinski definition) is 5. The largest absolute Gasteiger partial charge is 0.465 e. The maximum Gasteiger partial charge on any atom is 0.236 e. The summed E-state index contributed by atoms with van der Waals surface area (Å²) in [6.45, 7) is 8.79. The van der Waals surface area contributed by atoms with E-state index in [9.17, 15) is 4.79 Å². The number of thioether (sulfide) groups is 1. The zero-order valence-corrected chi connectivity index (χ0v) is 15.0. The molecule has 0 aliphatic carbocycles. The third-order valence-corrected chi connectivity index (χ3v) is 5.46. The van der Waals surface area contributed by atoms with Gasteiger partial charge >= 0.3 is 0 Å². The Morgan fingerprint density at radius 1 is 1.30 bits per heavy atom. The Morgan fingerprint density at radius 3 is 2.70 bits per heavy atom. The summed E-state index contributed by atoms with van der Waals surface area (Å²) in [7, 11) is 0. The van der Waals surface area contributed by atoms with Crippen LogP contribution in [0.1, 0.15) is 31.4 Å². The van der Waals surface area contributed by atoms with Crippen molar-refractivity contribution in [3.63, 3.8) is 0 Å². The van der Waals surface area contributed by atoms with Crippen LogP contribution in [-0.2, 0) is 9.53 Å². The van der Waals surface area contributed by atoms with Crippen molar-refractivity contribution >= 4 is 17.7 Å². The van der Waals surface area contributed by atoms with Gasteiger partial charge in [-0.25, -0.2) is 0 Å². The number of morpholine rings is 1. The molecular weight excluding hydrogens is 312 g/mol. The Labute approximate surface area is 142 Å². The number of nitrogens with zero attached hydrogens (tertiary/aromatic N) is 2. The van der Waals surface area contributed by atoms with E-state index in [0.29, 0.717) is 19.6 Å². The van der Waals surface area contributed by atoms with Gasteiger partial charge in [-0.05, 0) is 32.9 Å². The van der Waals surface area contributed by atoms with Crippen molar-refractivity contribution in [3.05, 3.63) is 23.7 Å². The van der Waals surface area contributed by atoms with Crippen molar-refractivity contribution in [1.82, 2.24) is 9.80 Å². The van der Waals surface area contributed by atoms with Gasteiger partial charge in [-0.1, -0.05) is 0 Å². The van der Waals surface area contributed by atoms with Gasteiger partial charge in [0, 0.05) is 31.1 Å². The normalized spacial score (nSPS) is 29.7. The van der Waals surface area contributed by atoms with Gasteiger partial charge in [-0.15, -0.1) is 0 Å². The second-order valence-corrected chi connectivity index (χ2v) is 7.72. The van der Waals surface area contributed by atoms with E-state index in [1.165, 1.54) is 0 Å². The zero-order valence-electron chi connectivity index (χ0n) is 14.2. The van der Waals surface area contributed by atoms with E-state index in [-0.39, 0.29) is 24.2 Å². The molecule has 2 aliphatic rings. The van der Waals surface area contributed by atoms with Gasteiger partial charge in [0.1, 0.15) is 11.5 Å². The van der Waals surface area contributed by atoms with Crippen molar-refractivity contribution < 1.29 is 13.9 Å². The van der Waals surface area contributed by atoms with Crippen LogP contribution in [0.3, 0.4) is 0 Å². The Hall–Kier alpha value is -0.980. The Morgan fingerprint density at radius 2 is 2.04 bits per heavy atom. The Kier molecular flexibility index (Phi) is 5.34. The van der Waals surface area contributed by atoms with Crippen LogP contribution in [0.25, 0.3) is 0 Å². The van der Waals surface area contributed by atoms with Crippen molar-refractivity contribution in [3.8, 4) is 0 Å². The molecule has 3 atom stereocenters. The number of aryl methyl sites for hydroxylation is 1. The number of rotatable bonds is 3. The molecule has 2 aliphatic heterocycles. The molecule has 1 amide bonds. The molecule has 0 N–H and O–H groups in total. The van der Waals surface area contributed by atoms with E-state index in [2.05, 4.69) is 4.90 Å². The highest BCUT2D eigenvalue weighted by Gasteiger charge is 2.31. The Balaban J connectivity index is 1.65. The second kappa shape index (κ2) is 7.28. The van der Waals surface area contributed by atoms with E-state index in [0.717, 1.165) is 29.6 Å². The highest BCUT2D eigenvalue weighted by atomic mass is 32.2.